The van der Waals surface area contributed by atoms with Gasteiger partial charge in [0.05, 0.1) is 0 Å². The molecule has 138 valence electrons. The zero-order valence-electron chi connectivity index (χ0n) is 14.9. The Kier molecular flexibility index (Phi) is 5.71. The molecule has 1 nitrogen and oxygen atoms in total. The van der Waals surface area contributed by atoms with E-state index in [1.54, 1.807) is 18.2 Å². The van der Waals surface area contributed by atoms with Crippen molar-refractivity contribution in [1.29, 1.82) is 0 Å². The Bertz CT molecular complexity index is 976. The Morgan fingerprint density at radius 1 is 0.926 bits per heavy atom. The lowest BCUT2D eigenvalue weighted by Gasteiger charge is -2.07. The topological polar surface area (TPSA) is 9.23 Å². The number of benzene rings is 3. The van der Waals surface area contributed by atoms with Crippen LogP contribution in [0.2, 0.25) is 0 Å². The Hall–Kier alpha value is -2.93. The molecule has 0 bridgehead atoms. The average molecular weight is 368 g/mol. The van der Waals surface area contributed by atoms with Crippen LogP contribution in [0.3, 0.4) is 0 Å². The van der Waals surface area contributed by atoms with Gasteiger partial charge in [-0.1, -0.05) is 61.9 Å². The molecule has 0 saturated heterocycles. The van der Waals surface area contributed by atoms with Crippen molar-refractivity contribution in [2.24, 2.45) is 0 Å². The predicted octanol–water partition coefficient (Wildman–Crippen LogP) is 6.69. The van der Waals surface area contributed by atoms with Gasteiger partial charge in [0.25, 0.3) is 0 Å². The van der Waals surface area contributed by atoms with E-state index < -0.39 is 6.36 Å². The van der Waals surface area contributed by atoms with E-state index in [1.165, 1.54) is 18.4 Å². The SMILES string of the molecule is CCCCc1ccc(-c2ccc3c(C#COC(F)(F)F)cccc3c2)cc1. The molecule has 0 N–H and O–H groups in total. The van der Waals surface area contributed by atoms with Crippen LogP contribution in [0.15, 0.2) is 60.7 Å². The van der Waals surface area contributed by atoms with E-state index >= 15 is 0 Å². The second kappa shape index (κ2) is 8.18. The first-order valence-electron chi connectivity index (χ1n) is 8.84. The predicted molar refractivity (Wildman–Crippen MR) is 102 cm³/mol. The molecular weight excluding hydrogens is 349 g/mol. The first-order valence-corrected chi connectivity index (χ1v) is 8.84. The summed E-state index contributed by atoms with van der Waals surface area (Å²) < 4.78 is 39.8. The molecule has 27 heavy (non-hydrogen) atoms. The van der Waals surface area contributed by atoms with Crippen LogP contribution in [0.5, 0.6) is 0 Å². The van der Waals surface area contributed by atoms with Crippen molar-refractivity contribution in [3.63, 3.8) is 0 Å². The highest BCUT2D eigenvalue weighted by molar-refractivity contribution is 5.91. The summed E-state index contributed by atoms with van der Waals surface area (Å²) in [6, 6.07) is 19.7. The number of hydrogen-bond donors (Lipinski definition) is 0. The minimum absolute atomic E-state index is 0.498. The van der Waals surface area contributed by atoms with Crippen LogP contribution >= 0.6 is 0 Å². The van der Waals surface area contributed by atoms with Crippen LogP contribution in [0.25, 0.3) is 21.9 Å². The van der Waals surface area contributed by atoms with Crippen LogP contribution in [0, 0.1) is 12.0 Å². The van der Waals surface area contributed by atoms with Crippen LogP contribution < -0.4 is 0 Å². The zero-order valence-corrected chi connectivity index (χ0v) is 14.9. The van der Waals surface area contributed by atoms with Gasteiger partial charge in [0.1, 0.15) is 6.11 Å². The number of hydrogen-bond acceptors (Lipinski definition) is 1. The van der Waals surface area contributed by atoms with Crippen molar-refractivity contribution in [1.82, 2.24) is 0 Å². The third kappa shape index (κ3) is 5.04. The van der Waals surface area contributed by atoms with E-state index in [9.17, 15) is 13.2 Å². The molecule has 3 aromatic carbocycles. The minimum atomic E-state index is -4.76. The number of fused-ring (bicyclic) bond motifs is 1. The third-order valence-corrected chi connectivity index (χ3v) is 4.34. The Labute approximate surface area is 156 Å². The molecular formula is C23H19F3O. The van der Waals surface area contributed by atoms with Gasteiger partial charge in [0.15, 0.2) is 0 Å². The third-order valence-electron chi connectivity index (χ3n) is 4.34. The maximum absolute atomic E-state index is 12.1. The fourth-order valence-electron chi connectivity index (χ4n) is 2.96. The summed E-state index contributed by atoms with van der Waals surface area (Å²) in [7, 11) is 0. The number of alkyl halides is 3. The largest absolute Gasteiger partial charge is 0.581 e. The summed E-state index contributed by atoms with van der Waals surface area (Å²) in [4.78, 5) is 0. The molecule has 0 amide bonds. The van der Waals surface area contributed by atoms with Gasteiger partial charge in [-0.25, -0.2) is 0 Å². The highest BCUT2D eigenvalue weighted by atomic mass is 19.4. The molecule has 0 saturated carbocycles. The maximum atomic E-state index is 12.1. The molecule has 0 radical (unpaired) electrons. The standard InChI is InChI=1S/C23H19F3O/c1-2-3-5-17-8-10-18(11-9-17)20-12-13-22-19(6-4-7-21(22)16-20)14-15-27-23(24,25)26/h4,6-13,16H,2-3,5H2,1H3. The Morgan fingerprint density at radius 2 is 1.67 bits per heavy atom. The highest BCUT2D eigenvalue weighted by Crippen LogP contribution is 2.27. The summed E-state index contributed by atoms with van der Waals surface area (Å²) in [6.45, 7) is 2.18. The van der Waals surface area contributed by atoms with Crippen molar-refractivity contribution >= 4 is 10.8 Å². The normalized spacial score (nSPS) is 11.1. The van der Waals surface area contributed by atoms with Crippen LogP contribution in [0.1, 0.15) is 30.9 Å². The maximum Gasteiger partial charge on any atom is 0.581 e. The quantitative estimate of drug-likeness (QED) is 0.466. The van der Waals surface area contributed by atoms with E-state index in [0.717, 1.165) is 28.3 Å². The van der Waals surface area contributed by atoms with Crippen molar-refractivity contribution in [3.05, 3.63) is 71.8 Å². The molecule has 0 heterocycles. The molecule has 0 aliphatic rings. The van der Waals surface area contributed by atoms with E-state index in [2.05, 4.69) is 41.8 Å². The van der Waals surface area contributed by atoms with Gasteiger partial charge in [0.2, 0.25) is 0 Å². The van der Waals surface area contributed by atoms with Gasteiger partial charge in [-0.05, 0) is 58.4 Å². The van der Waals surface area contributed by atoms with E-state index in [4.69, 9.17) is 0 Å². The molecule has 4 heteroatoms. The van der Waals surface area contributed by atoms with Gasteiger partial charge >= 0.3 is 6.36 Å². The second-order valence-corrected chi connectivity index (χ2v) is 6.32. The van der Waals surface area contributed by atoms with E-state index in [1.807, 2.05) is 24.3 Å². The summed E-state index contributed by atoms with van der Waals surface area (Å²) in [6.07, 6.45) is 0.402. The molecule has 0 atom stereocenters. The van der Waals surface area contributed by atoms with Crippen LogP contribution in [-0.2, 0) is 11.2 Å². The van der Waals surface area contributed by atoms with Crippen molar-refractivity contribution in [2.45, 2.75) is 32.5 Å². The summed E-state index contributed by atoms with van der Waals surface area (Å²) >= 11 is 0. The first-order chi connectivity index (χ1) is 13.0. The molecule has 0 aliphatic carbocycles. The van der Waals surface area contributed by atoms with E-state index in [0.29, 0.717) is 5.56 Å². The Balaban J connectivity index is 1.88. The molecule has 0 spiro atoms. The smallest absolute Gasteiger partial charge is 0.352 e. The van der Waals surface area contributed by atoms with Crippen molar-refractivity contribution in [2.75, 3.05) is 0 Å². The van der Waals surface area contributed by atoms with Gasteiger partial charge in [-0.3, -0.25) is 0 Å². The summed E-state index contributed by atoms with van der Waals surface area (Å²) in [5, 5.41) is 1.71. The number of halogens is 3. The van der Waals surface area contributed by atoms with Gasteiger partial charge < -0.3 is 4.74 Å². The fraction of sp³-hybridized carbons (Fsp3) is 0.217. The summed E-state index contributed by atoms with van der Waals surface area (Å²) in [5.74, 6) is 2.44. The summed E-state index contributed by atoms with van der Waals surface area (Å²) in [5.41, 5.74) is 3.98. The molecule has 0 aliphatic heterocycles. The lowest BCUT2D eigenvalue weighted by atomic mass is 9.97. The fourth-order valence-corrected chi connectivity index (χ4v) is 2.96. The molecule has 3 aromatic rings. The number of unbranched alkanes of at least 4 members (excludes halogenated alkanes) is 1. The highest BCUT2D eigenvalue weighted by Gasteiger charge is 2.29. The number of ether oxygens (including phenoxy) is 1. The van der Waals surface area contributed by atoms with Gasteiger partial charge in [0, 0.05) is 5.56 Å². The molecule has 0 unspecified atom stereocenters. The number of aryl methyl sites for hydroxylation is 1. The lowest BCUT2D eigenvalue weighted by Crippen LogP contribution is -2.08. The first kappa shape index (κ1) is 18.8. The molecule has 0 fully saturated rings. The Morgan fingerprint density at radius 3 is 2.37 bits per heavy atom. The minimum Gasteiger partial charge on any atom is -0.352 e. The van der Waals surface area contributed by atoms with Crippen LogP contribution in [-0.4, -0.2) is 6.36 Å². The van der Waals surface area contributed by atoms with Gasteiger partial charge in [-0.15, -0.1) is 13.2 Å². The number of rotatable bonds is 4. The average Bonchev–Trinajstić information content (AvgIpc) is 2.65. The molecule has 0 aromatic heterocycles. The zero-order chi connectivity index (χ0) is 19.3. The molecule has 3 rings (SSSR count). The second-order valence-electron chi connectivity index (χ2n) is 6.32. The van der Waals surface area contributed by atoms with Crippen molar-refractivity contribution < 1.29 is 17.9 Å². The van der Waals surface area contributed by atoms with Crippen LogP contribution in [0.4, 0.5) is 13.2 Å². The van der Waals surface area contributed by atoms with Crippen molar-refractivity contribution in [3.8, 4) is 23.2 Å². The van der Waals surface area contributed by atoms with Gasteiger partial charge in [-0.2, -0.15) is 0 Å². The lowest BCUT2D eigenvalue weighted by molar-refractivity contribution is -0.291. The van der Waals surface area contributed by atoms with E-state index in [-0.39, 0.29) is 0 Å². The monoisotopic (exact) mass is 368 g/mol.